The van der Waals surface area contributed by atoms with E-state index in [4.69, 9.17) is 4.74 Å². The minimum atomic E-state index is -0.658. The number of nitrogens with zero attached hydrogens (tertiary/aromatic N) is 1. The average Bonchev–Trinajstić information content (AvgIpc) is 2.17. The first kappa shape index (κ1) is 15.4. The Morgan fingerprint density at radius 2 is 2.00 bits per heavy atom. The summed E-state index contributed by atoms with van der Waals surface area (Å²) in [6.45, 7) is 8.94. The molecule has 0 aromatic carbocycles. The Kier molecular flexibility index (Phi) is 6.60. The molecule has 0 fully saturated rings. The quantitative estimate of drug-likeness (QED) is 0.673. The second-order valence-corrected chi connectivity index (χ2v) is 4.71. The summed E-state index contributed by atoms with van der Waals surface area (Å²) in [4.78, 5) is 13.2. The molecule has 0 aliphatic rings. The van der Waals surface area contributed by atoms with E-state index < -0.39 is 6.10 Å². The number of ether oxygens (including phenoxy) is 1. The average molecular weight is 231 g/mol. The van der Waals surface area contributed by atoms with Crippen molar-refractivity contribution in [3.05, 3.63) is 0 Å². The van der Waals surface area contributed by atoms with Gasteiger partial charge in [-0.15, -0.1) is 0 Å². The predicted molar refractivity (Wildman–Crippen MR) is 64.3 cm³/mol. The minimum Gasteiger partial charge on any atom is -0.466 e. The SMILES string of the molecule is CCOC(=O)CC(O)CN(C)C(C)(C)CC. The van der Waals surface area contributed by atoms with E-state index in [-0.39, 0.29) is 17.9 Å². The smallest absolute Gasteiger partial charge is 0.308 e. The van der Waals surface area contributed by atoms with Crippen molar-refractivity contribution in [2.24, 2.45) is 0 Å². The third-order valence-electron chi connectivity index (χ3n) is 3.09. The number of carbonyl (C=O) groups excluding carboxylic acids is 1. The van der Waals surface area contributed by atoms with Crippen LogP contribution in [-0.4, -0.2) is 47.8 Å². The number of likely N-dealkylation sites (N-methyl/N-ethyl adjacent to an activating group) is 1. The molecular weight excluding hydrogens is 206 g/mol. The van der Waals surface area contributed by atoms with Gasteiger partial charge in [-0.3, -0.25) is 9.69 Å². The Morgan fingerprint density at radius 1 is 1.44 bits per heavy atom. The van der Waals surface area contributed by atoms with Gasteiger partial charge in [-0.25, -0.2) is 0 Å². The zero-order valence-corrected chi connectivity index (χ0v) is 11.1. The second kappa shape index (κ2) is 6.86. The monoisotopic (exact) mass is 231 g/mol. The lowest BCUT2D eigenvalue weighted by atomic mass is 9.99. The molecule has 0 spiro atoms. The second-order valence-electron chi connectivity index (χ2n) is 4.71. The van der Waals surface area contributed by atoms with Crippen molar-refractivity contribution in [1.82, 2.24) is 4.90 Å². The first-order valence-electron chi connectivity index (χ1n) is 5.88. The topological polar surface area (TPSA) is 49.8 Å². The Morgan fingerprint density at radius 3 is 2.44 bits per heavy atom. The first-order chi connectivity index (χ1) is 7.33. The normalized spacial score (nSPS) is 13.9. The standard InChI is InChI=1S/C12H25NO3/c1-6-12(3,4)13(5)9-10(14)8-11(15)16-7-2/h10,14H,6-9H2,1-5H3. The van der Waals surface area contributed by atoms with Crippen LogP contribution >= 0.6 is 0 Å². The molecule has 4 nitrogen and oxygen atoms in total. The number of β-amino-alcohol motifs (C(OH)–C–C–N with tert-alkyl or cyclic N) is 1. The summed E-state index contributed by atoms with van der Waals surface area (Å²) in [6.07, 6.45) is 0.406. The summed E-state index contributed by atoms with van der Waals surface area (Å²) < 4.78 is 4.79. The van der Waals surface area contributed by atoms with Crippen LogP contribution in [0.1, 0.15) is 40.5 Å². The molecule has 0 aliphatic heterocycles. The van der Waals surface area contributed by atoms with Gasteiger partial charge in [-0.05, 0) is 34.2 Å². The Bertz CT molecular complexity index is 216. The summed E-state index contributed by atoms with van der Waals surface area (Å²) in [5, 5.41) is 9.73. The van der Waals surface area contributed by atoms with E-state index >= 15 is 0 Å². The molecule has 1 unspecified atom stereocenters. The van der Waals surface area contributed by atoms with Crippen LogP contribution in [0.2, 0.25) is 0 Å². The molecule has 0 rings (SSSR count). The molecule has 0 radical (unpaired) electrons. The third-order valence-corrected chi connectivity index (χ3v) is 3.09. The lowest BCUT2D eigenvalue weighted by Crippen LogP contribution is -2.44. The first-order valence-corrected chi connectivity index (χ1v) is 5.88. The van der Waals surface area contributed by atoms with E-state index in [0.29, 0.717) is 13.2 Å². The van der Waals surface area contributed by atoms with Crippen LogP contribution in [-0.2, 0) is 9.53 Å². The van der Waals surface area contributed by atoms with Gasteiger partial charge in [0.05, 0.1) is 19.1 Å². The summed E-state index contributed by atoms with van der Waals surface area (Å²) in [5.41, 5.74) is 0.0373. The molecule has 1 atom stereocenters. The van der Waals surface area contributed by atoms with Crippen LogP contribution in [0.15, 0.2) is 0 Å². The molecule has 0 aromatic heterocycles. The number of aliphatic hydroxyl groups is 1. The largest absolute Gasteiger partial charge is 0.466 e. The van der Waals surface area contributed by atoms with Crippen molar-refractivity contribution < 1.29 is 14.6 Å². The maximum Gasteiger partial charge on any atom is 0.308 e. The summed E-state index contributed by atoms with van der Waals surface area (Å²) >= 11 is 0. The van der Waals surface area contributed by atoms with Crippen LogP contribution in [0.4, 0.5) is 0 Å². The Balaban J connectivity index is 4.04. The molecule has 4 heteroatoms. The number of hydrogen-bond acceptors (Lipinski definition) is 4. The van der Waals surface area contributed by atoms with Gasteiger partial charge in [-0.2, -0.15) is 0 Å². The highest BCUT2D eigenvalue weighted by molar-refractivity contribution is 5.69. The lowest BCUT2D eigenvalue weighted by molar-refractivity contribution is -0.145. The Hall–Kier alpha value is -0.610. The number of hydrogen-bond donors (Lipinski definition) is 1. The zero-order chi connectivity index (χ0) is 12.8. The van der Waals surface area contributed by atoms with E-state index in [0.717, 1.165) is 6.42 Å². The van der Waals surface area contributed by atoms with Gasteiger partial charge in [0.15, 0.2) is 0 Å². The fraction of sp³-hybridized carbons (Fsp3) is 0.917. The molecule has 1 N–H and O–H groups in total. The highest BCUT2D eigenvalue weighted by Gasteiger charge is 2.24. The number of aliphatic hydroxyl groups excluding tert-OH is 1. The van der Waals surface area contributed by atoms with Crippen molar-refractivity contribution in [2.45, 2.75) is 52.2 Å². The highest BCUT2D eigenvalue weighted by Crippen LogP contribution is 2.16. The van der Waals surface area contributed by atoms with Gasteiger partial charge < -0.3 is 9.84 Å². The van der Waals surface area contributed by atoms with Gasteiger partial charge in [0, 0.05) is 12.1 Å². The maximum atomic E-state index is 11.2. The summed E-state index contributed by atoms with van der Waals surface area (Å²) in [5.74, 6) is -0.335. The highest BCUT2D eigenvalue weighted by atomic mass is 16.5. The molecular formula is C12H25NO3. The molecule has 96 valence electrons. The van der Waals surface area contributed by atoms with Crippen LogP contribution in [0.3, 0.4) is 0 Å². The van der Waals surface area contributed by atoms with Crippen LogP contribution < -0.4 is 0 Å². The van der Waals surface area contributed by atoms with E-state index in [1.807, 2.05) is 7.05 Å². The molecule has 0 aliphatic carbocycles. The van der Waals surface area contributed by atoms with Gasteiger partial charge in [-0.1, -0.05) is 6.92 Å². The van der Waals surface area contributed by atoms with E-state index in [9.17, 15) is 9.90 Å². The molecule has 0 heterocycles. The van der Waals surface area contributed by atoms with Gasteiger partial charge in [0.2, 0.25) is 0 Å². The maximum absolute atomic E-state index is 11.2. The number of rotatable bonds is 7. The van der Waals surface area contributed by atoms with Crippen molar-refractivity contribution >= 4 is 5.97 Å². The van der Waals surface area contributed by atoms with Crippen LogP contribution in [0.5, 0.6) is 0 Å². The van der Waals surface area contributed by atoms with E-state index in [1.165, 1.54) is 0 Å². The minimum absolute atomic E-state index is 0.0373. The molecule has 16 heavy (non-hydrogen) atoms. The zero-order valence-electron chi connectivity index (χ0n) is 11.1. The molecule has 0 saturated heterocycles. The van der Waals surface area contributed by atoms with Crippen LogP contribution in [0, 0.1) is 0 Å². The van der Waals surface area contributed by atoms with Gasteiger partial charge in [0.1, 0.15) is 0 Å². The molecule has 0 aromatic rings. The predicted octanol–water partition coefficient (Wildman–Crippen LogP) is 1.42. The van der Waals surface area contributed by atoms with Crippen molar-refractivity contribution in [3.8, 4) is 0 Å². The summed E-state index contributed by atoms with van der Waals surface area (Å²) in [6, 6.07) is 0. The van der Waals surface area contributed by atoms with Gasteiger partial charge >= 0.3 is 5.97 Å². The molecule has 0 amide bonds. The summed E-state index contributed by atoms with van der Waals surface area (Å²) in [7, 11) is 1.96. The third kappa shape index (κ3) is 5.47. The van der Waals surface area contributed by atoms with Crippen molar-refractivity contribution in [1.29, 1.82) is 0 Å². The van der Waals surface area contributed by atoms with Crippen molar-refractivity contribution in [2.75, 3.05) is 20.2 Å². The number of esters is 1. The van der Waals surface area contributed by atoms with Gasteiger partial charge in [0.25, 0.3) is 0 Å². The molecule has 0 bridgehead atoms. The fourth-order valence-electron chi connectivity index (χ4n) is 1.31. The Labute approximate surface area is 98.6 Å². The van der Waals surface area contributed by atoms with Crippen LogP contribution in [0.25, 0.3) is 0 Å². The molecule has 0 saturated carbocycles. The number of carbonyl (C=O) groups is 1. The van der Waals surface area contributed by atoms with E-state index in [1.54, 1.807) is 6.92 Å². The lowest BCUT2D eigenvalue weighted by Gasteiger charge is -2.35. The van der Waals surface area contributed by atoms with Crippen molar-refractivity contribution in [3.63, 3.8) is 0 Å². The fourth-order valence-corrected chi connectivity index (χ4v) is 1.31. The van der Waals surface area contributed by atoms with E-state index in [2.05, 4.69) is 25.7 Å².